The second kappa shape index (κ2) is 5.42. The van der Waals surface area contributed by atoms with Gasteiger partial charge in [0.15, 0.2) is 0 Å². The first-order chi connectivity index (χ1) is 7.97. The molecule has 0 spiro atoms. The van der Waals surface area contributed by atoms with Gasteiger partial charge in [-0.1, -0.05) is 6.92 Å². The maximum absolute atomic E-state index is 11.6. The molecule has 1 unspecified atom stereocenters. The van der Waals surface area contributed by atoms with E-state index < -0.39 is 36.2 Å². The summed E-state index contributed by atoms with van der Waals surface area (Å²) in [7, 11) is 0. The predicted molar refractivity (Wildman–Crippen MR) is 57.8 cm³/mol. The largest absolute Gasteiger partial charge is 0.354 e. The third-order valence-corrected chi connectivity index (χ3v) is 2.36. The molecule has 5 amide bonds. The first-order valence-electron chi connectivity index (χ1n) is 5.41. The molecule has 0 bridgehead atoms. The summed E-state index contributed by atoms with van der Waals surface area (Å²) in [5.74, 6) is -1.71. The van der Waals surface area contributed by atoms with Gasteiger partial charge in [0, 0.05) is 6.54 Å². The van der Waals surface area contributed by atoms with Crippen LogP contribution in [0.15, 0.2) is 0 Å². The molecule has 0 saturated carbocycles. The molecule has 1 heterocycles. The zero-order chi connectivity index (χ0) is 13.0. The highest BCUT2D eigenvalue weighted by Gasteiger charge is 2.36. The second-order valence-corrected chi connectivity index (χ2v) is 3.76. The van der Waals surface area contributed by atoms with Gasteiger partial charge >= 0.3 is 6.03 Å². The minimum atomic E-state index is -0.915. The Morgan fingerprint density at radius 1 is 1.47 bits per heavy atom. The van der Waals surface area contributed by atoms with Gasteiger partial charge in [-0.3, -0.25) is 24.6 Å². The highest BCUT2D eigenvalue weighted by Crippen LogP contribution is 2.08. The third-order valence-electron chi connectivity index (χ3n) is 2.36. The van der Waals surface area contributed by atoms with Gasteiger partial charge in [-0.05, 0) is 13.3 Å². The van der Waals surface area contributed by atoms with Gasteiger partial charge in [-0.2, -0.15) is 0 Å². The van der Waals surface area contributed by atoms with Gasteiger partial charge in [-0.15, -0.1) is 0 Å². The number of amides is 5. The Hall–Kier alpha value is -1.92. The average molecular weight is 241 g/mol. The number of imide groups is 2. The number of carbonyl (C=O) groups excluding carboxylic acids is 4. The number of barbiturate groups is 1. The van der Waals surface area contributed by atoms with E-state index in [9.17, 15) is 19.2 Å². The molecular weight excluding hydrogens is 226 g/mol. The summed E-state index contributed by atoms with van der Waals surface area (Å²) in [6, 6.07) is -1.76. The summed E-state index contributed by atoms with van der Waals surface area (Å²) in [4.78, 5) is 46.2. The molecule has 1 fully saturated rings. The number of rotatable bonds is 4. The zero-order valence-corrected chi connectivity index (χ0v) is 9.78. The molecule has 2 N–H and O–H groups in total. The summed E-state index contributed by atoms with van der Waals surface area (Å²) >= 11 is 0. The Morgan fingerprint density at radius 3 is 2.65 bits per heavy atom. The summed E-state index contributed by atoms with van der Waals surface area (Å²) < 4.78 is 0. The molecule has 0 aromatic heterocycles. The summed E-state index contributed by atoms with van der Waals surface area (Å²) in [6.45, 7) is 3.81. The number of nitrogens with one attached hydrogen (secondary N) is 2. The molecule has 7 nitrogen and oxygen atoms in total. The van der Waals surface area contributed by atoms with Crippen molar-refractivity contribution in [2.75, 3.05) is 6.54 Å². The van der Waals surface area contributed by atoms with Crippen LogP contribution in [0.5, 0.6) is 0 Å². The van der Waals surface area contributed by atoms with Crippen LogP contribution < -0.4 is 10.6 Å². The fourth-order valence-electron chi connectivity index (χ4n) is 1.46. The maximum Gasteiger partial charge on any atom is 0.331 e. The molecule has 0 radical (unpaired) electrons. The predicted octanol–water partition coefficient (Wildman–Crippen LogP) is -0.630. The number of nitrogens with zero attached hydrogens (tertiary/aromatic N) is 1. The van der Waals surface area contributed by atoms with E-state index in [0.717, 1.165) is 11.3 Å². The molecular formula is C10H15N3O4. The lowest BCUT2D eigenvalue weighted by Crippen LogP contribution is -2.59. The lowest BCUT2D eigenvalue weighted by atomic mass is 10.2. The second-order valence-electron chi connectivity index (χ2n) is 3.76. The van der Waals surface area contributed by atoms with E-state index >= 15 is 0 Å². The van der Waals surface area contributed by atoms with E-state index in [0.29, 0.717) is 6.54 Å². The van der Waals surface area contributed by atoms with Crippen molar-refractivity contribution in [3.8, 4) is 0 Å². The minimum Gasteiger partial charge on any atom is -0.354 e. The van der Waals surface area contributed by atoms with Crippen LogP contribution in [0.4, 0.5) is 4.79 Å². The van der Waals surface area contributed by atoms with Gasteiger partial charge in [0.25, 0.3) is 0 Å². The minimum absolute atomic E-state index is 0.406. The smallest absolute Gasteiger partial charge is 0.331 e. The van der Waals surface area contributed by atoms with E-state index in [2.05, 4.69) is 5.32 Å². The highest BCUT2D eigenvalue weighted by molar-refractivity contribution is 6.15. The van der Waals surface area contributed by atoms with Crippen LogP contribution in [-0.2, 0) is 14.4 Å². The van der Waals surface area contributed by atoms with Crippen LogP contribution in [0.1, 0.15) is 26.7 Å². The van der Waals surface area contributed by atoms with E-state index in [4.69, 9.17) is 0 Å². The van der Waals surface area contributed by atoms with Crippen molar-refractivity contribution in [3.05, 3.63) is 0 Å². The summed E-state index contributed by atoms with van der Waals surface area (Å²) in [6.07, 6.45) is 0.355. The normalized spacial score (nSPS) is 17.8. The monoisotopic (exact) mass is 241 g/mol. The highest BCUT2D eigenvalue weighted by atomic mass is 16.2. The molecule has 17 heavy (non-hydrogen) atoms. The van der Waals surface area contributed by atoms with E-state index in [1.54, 1.807) is 0 Å². The van der Waals surface area contributed by atoms with Gasteiger partial charge in [0.2, 0.25) is 17.7 Å². The van der Waals surface area contributed by atoms with Gasteiger partial charge < -0.3 is 5.32 Å². The molecule has 1 aliphatic rings. The van der Waals surface area contributed by atoms with Crippen LogP contribution in [0.25, 0.3) is 0 Å². The fourth-order valence-corrected chi connectivity index (χ4v) is 1.46. The summed E-state index contributed by atoms with van der Waals surface area (Å²) in [5.41, 5.74) is 0. The van der Waals surface area contributed by atoms with Crippen LogP contribution in [0.3, 0.4) is 0 Å². The average Bonchev–Trinajstić information content (AvgIpc) is 2.24. The standard InChI is InChI=1S/C10H15N3O4/c1-3-4-11-9(16)6(2)13-8(15)5-7(14)12-10(13)17/h6H,3-5H2,1-2H3,(H,11,16)(H,12,14,17). The molecule has 1 atom stereocenters. The van der Waals surface area contributed by atoms with Crippen LogP contribution >= 0.6 is 0 Å². The molecule has 1 aliphatic heterocycles. The Balaban J connectivity index is 2.70. The van der Waals surface area contributed by atoms with Crippen LogP contribution in [-0.4, -0.2) is 41.2 Å². The van der Waals surface area contributed by atoms with Crippen molar-refractivity contribution >= 4 is 23.8 Å². The lowest BCUT2D eigenvalue weighted by molar-refractivity contribution is -0.141. The molecule has 0 aromatic rings. The van der Waals surface area contributed by atoms with Gasteiger partial charge in [0.05, 0.1) is 0 Å². The fraction of sp³-hybridized carbons (Fsp3) is 0.600. The number of hydrogen-bond acceptors (Lipinski definition) is 4. The zero-order valence-electron chi connectivity index (χ0n) is 9.78. The lowest BCUT2D eigenvalue weighted by Gasteiger charge is -2.29. The van der Waals surface area contributed by atoms with E-state index in [1.165, 1.54) is 6.92 Å². The first-order valence-corrected chi connectivity index (χ1v) is 5.41. The topological polar surface area (TPSA) is 95.6 Å². The Morgan fingerprint density at radius 2 is 2.12 bits per heavy atom. The molecule has 1 saturated heterocycles. The summed E-state index contributed by atoms with van der Waals surface area (Å²) in [5, 5.41) is 4.58. The number of urea groups is 1. The number of carbonyl (C=O) groups is 4. The third kappa shape index (κ3) is 3.02. The molecule has 7 heteroatoms. The van der Waals surface area contributed by atoms with Crippen molar-refractivity contribution in [3.63, 3.8) is 0 Å². The molecule has 94 valence electrons. The first kappa shape index (κ1) is 13.1. The molecule has 0 aliphatic carbocycles. The van der Waals surface area contributed by atoms with Gasteiger partial charge in [0.1, 0.15) is 12.5 Å². The van der Waals surface area contributed by atoms with Crippen molar-refractivity contribution in [2.45, 2.75) is 32.7 Å². The number of hydrogen-bond donors (Lipinski definition) is 2. The Kier molecular flexibility index (Phi) is 4.19. The van der Waals surface area contributed by atoms with Crippen molar-refractivity contribution in [1.29, 1.82) is 0 Å². The maximum atomic E-state index is 11.6. The van der Waals surface area contributed by atoms with E-state index in [1.807, 2.05) is 12.2 Å². The quantitative estimate of drug-likeness (QED) is 0.640. The SMILES string of the molecule is CCCNC(=O)C(C)N1C(=O)CC(=O)NC1=O. The van der Waals surface area contributed by atoms with Crippen molar-refractivity contribution in [2.24, 2.45) is 0 Å². The Labute approximate surface area is 98.5 Å². The van der Waals surface area contributed by atoms with E-state index in [-0.39, 0.29) is 0 Å². The molecule has 0 aromatic carbocycles. The van der Waals surface area contributed by atoms with Crippen molar-refractivity contribution in [1.82, 2.24) is 15.5 Å². The van der Waals surface area contributed by atoms with Crippen LogP contribution in [0.2, 0.25) is 0 Å². The molecule has 1 rings (SSSR count). The Bertz CT molecular complexity index is 347. The van der Waals surface area contributed by atoms with Crippen LogP contribution in [0, 0.1) is 0 Å². The van der Waals surface area contributed by atoms with Crippen molar-refractivity contribution < 1.29 is 19.2 Å². The van der Waals surface area contributed by atoms with Gasteiger partial charge in [-0.25, -0.2) is 4.79 Å².